The molecule has 0 saturated heterocycles. The highest BCUT2D eigenvalue weighted by atomic mass is 31.2. The third kappa shape index (κ3) is 3.73. The topological polar surface area (TPSA) is 9.72 Å². The van der Waals surface area contributed by atoms with E-state index in [4.69, 9.17) is 0 Å². The second-order valence-corrected chi connectivity index (χ2v) is 10.2. The zero-order chi connectivity index (χ0) is 16.4. The molecule has 3 nitrogen and oxygen atoms in total. The van der Waals surface area contributed by atoms with Crippen LogP contribution >= 0.6 is 7.71 Å². The first-order valence-electron chi connectivity index (χ1n) is 7.32. The van der Waals surface area contributed by atoms with Gasteiger partial charge in [-0.25, -0.2) is 0 Å². The van der Waals surface area contributed by atoms with Crippen LogP contribution < -0.4 is 0 Å². The van der Waals surface area contributed by atoms with Crippen molar-refractivity contribution in [1.29, 1.82) is 0 Å². The third-order valence-corrected chi connectivity index (χ3v) is 8.03. The fourth-order valence-electron chi connectivity index (χ4n) is 3.10. The summed E-state index contributed by atoms with van der Waals surface area (Å²) in [6.07, 6.45) is 2.30. The van der Waals surface area contributed by atoms with Crippen LogP contribution in [0, 0.1) is 20.8 Å². The van der Waals surface area contributed by atoms with Crippen molar-refractivity contribution in [1.82, 2.24) is 14.0 Å². The van der Waals surface area contributed by atoms with Gasteiger partial charge in [-0.1, -0.05) is 17.7 Å². The first-order valence-corrected chi connectivity index (χ1v) is 9.03. The van der Waals surface area contributed by atoms with Crippen molar-refractivity contribution in [2.75, 3.05) is 42.3 Å². The normalized spacial score (nSPS) is 13.1. The Morgan fingerprint density at radius 2 is 1.14 bits per heavy atom. The van der Waals surface area contributed by atoms with Crippen LogP contribution in [0.4, 0.5) is 0 Å². The van der Waals surface area contributed by atoms with E-state index in [0.717, 1.165) is 0 Å². The lowest BCUT2D eigenvalue weighted by Gasteiger charge is -2.37. The monoisotopic (exact) mass is 308 g/mol. The van der Waals surface area contributed by atoms with Gasteiger partial charge in [-0.2, -0.15) is 14.0 Å². The fraction of sp³-hybridized carbons (Fsp3) is 0.529. The highest BCUT2D eigenvalue weighted by molar-refractivity contribution is 7.72. The Labute approximate surface area is 131 Å². The largest absolute Gasteiger partial charge is 0.253 e. The van der Waals surface area contributed by atoms with Crippen molar-refractivity contribution in [3.63, 3.8) is 0 Å². The molecule has 0 saturated carbocycles. The molecule has 0 aromatic heterocycles. The number of benzene rings is 1. The minimum atomic E-state index is -1.61. The van der Waals surface area contributed by atoms with E-state index in [2.05, 4.69) is 101 Å². The van der Waals surface area contributed by atoms with Gasteiger partial charge in [0.15, 0.2) is 0 Å². The van der Waals surface area contributed by atoms with Gasteiger partial charge in [0.1, 0.15) is 5.82 Å². The average molecular weight is 308 g/mol. The van der Waals surface area contributed by atoms with Crippen LogP contribution in [-0.2, 0) is 0 Å². The fourth-order valence-corrected chi connectivity index (χ4v) is 6.40. The molecule has 118 valence electrons. The molecular formula is C17H31N3P+. The van der Waals surface area contributed by atoms with Gasteiger partial charge in [0.2, 0.25) is 0 Å². The van der Waals surface area contributed by atoms with Gasteiger partial charge < -0.3 is 0 Å². The maximum absolute atomic E-state index is 2.39. The average Bonchev–Trinajstić information content (AvgIpc) is 2.30. The van der Waals surface area contributed by atoms with Gasteiger partial charge in [-0.3, -0.25) is 0 Å². The molecule has 0 aliphatic heterocycles. The van der Waals surface area contributed by atoms with Crippen LogP contribution in [0.5, 0.6) is 0 Å². The van der Waals surface area contributed by atoms with E-state index in [1.807, 2.05) is 0 Å². The van der Waals surface area contributed by atoms with Gasteiger partial charge in [0.25, 0.3) is 7.71 Å². The lowest BCUT2D eigenvalue weighted by atomic mass is 10.0. The number of rotatable bonds is 5. The van der Waals surface area contributed by atoms with E-state index in [9.17, 15) is 0 Å². The first-order chi connectivity index (χ1) is 9.62. The molecule has 4 heteroatoms. The Morgan fingerprint density at radius 3 is 1.48 bits per heavy atom. The first kappa shape index (κ1) is 18.3. The molecule has 0 radical (unpaired) electrons. The van der Waals surface area contributed by atoms with Crippen LogP contribution in [0.15, 0.2) is 17.9 Å². The molecule has 0 atom stereocenters. The smallest absolute Gasteiger partial charge is 0.151 e. The zero-order valence-corrected chi connectivity index (χ0v) is 16.0. The van der Waals surface area contributed by atoms with Crippen molar-refractivity contribution in [3.05, 3.63) is 40.2 Å². The highest BCUT2D eigenvalue weighted by Crippen LogP contribution is 2.65. The molecule has 1 rings (SSSR count). The standard InChI is InChI=1S/C17H31N3P/c1-14-12-15(2)17(16(3)13-14)10-11-21(18(4)5,19(6)7)20(8)9/h10-13H,1-9H3/q+1/b11-10+. The SMILES string of the molecule is Cc1cc(C)c(/C=C/[P+](N(C)C)(N(C)C)N(C)C)c(C)c1. The Balaban J connectivity index is 3.33. The van der Waals surface area contributed by atoms with Crippen molar-refractivity contribution < 1.29 is 0 Å². The van der Waals surface area contributed by atoms with Crippen molar-refractivity contribution in [3.8, 4) is 0 Å². The summed E-state index contributed by atoms with van der Waals surface area (Å²) >= 11 is 0. The summed E-state index contributed by atoms with van der Waals surface area (Å²) in [6.45, 7) is 6.55. The maximum Gasteiger partial charge on any atom is 0.253 e. The van der Waals surface area contributed by atoms with Crippen LogP contribution in [-0.4, -0.2) is 56.3 Å². The number of nitrogens with zero attached hydrogens (tertiary/aromatic N) is 3. The highest BCUT2D eigenvalue weighted by Gasteiger charge is 2.45. The molecule has 0 fully saturated rings. The van der Waals surface area contributed by atoms with E-state index in [0.29, 0.717) is 0 Å². The molecule has 0 N–H and O–H groups in total. The summed E-state index contributed by atoms with van der Waals surface area (Å²) in [6, 6.07) is 4.52. The van der Waals surface area contributed by atoms with Gasteiger partial charge in [-0.05, 0) is 43.5 Å². The number of aryl methyl sites for hydroxylation is 3. The van der Waals surface area contributed by atoms with Gasteiger partial charge >= 0.3 is 0 Å². The Bertz CT molecular complexity index is 474. The van der Waals surface area contributed by atoms with Crippen LogP contribution in [0.1, 0.15) is 22.3 Å². The zero-order valence-electron chi connectivity index (χ0n) is 15.1. The maximum atomic E-state index is 2.39. The molecular weight excluding hydrogens is 277 g/mol. The van der Waals surface area contributed by atoms with Crippen LogP contribution in [0.25, 0.3) is 6.08 Å². The predicted molar refractivity (Wildman–Crippen MR) is 97.7 cm³/mol. The van der Waals surface area contributed by atoms with E-state index in [1.165, 1.54) is 22.3 Å². The molecule has 0 unspecified atom stereocenters. The van der Waals surface area contributed by atoms with E-state index < -0.39 is 7.71 Å². The summed E-state index contributed by atoms with van der Waals surface area (Å²) in [5.41, 5.74) is 5.36. The molecule has 0 heterocycles. The molecule has 1 aromatic carbocycles. The summed E-state index contributed by atoms with van der Waals surface area (Å²) in [4.78, 5) is 0. The minimum Gasteiger partial charge on any atom is -0.151 e. The summed E-state index contributed by atoms with van der Waals surface area (Å²) in [5.74, 6) is 2.39. The third-order valence-electron chi connectivity index (χ3n) is 3.95. The molecule has 0 aliphatic rings. The Hall–Kier alpha value is -0.730. The van der Waals surface area contributed by atoms with Gasteiger partial charge in [0.05, 0.1) is 0 Å². The minimum absolute atomic E-state index is 1.33. The summed E-state index contributed by atoms with van der Waals surface area (Å²) in [7, 11) is 11.3. The lowest BCUT2D eigenvalue weighted by molar-refractivity contribution is 0.472. The van der Waals surface area contributed by atoms with Crippen LogP contribution in [0.3, 0.4) is 0 Å². The molecule has 0 spiro atoms. The Morgan fingerprint density at radius 1 is 0.762 bits per heavy atom. The van der Waals surface area contributed by atoms with Crippen molar-refractivity contribution in [2.24, 2.45) is 0 Å². The second-order valence-electron chi connectivity index (χ2n) is 6.28. The summed E-state index contributed by atoms with van der Waals surface area (Å²) < 4.78 is 7.01. The lowest BCUT2D eigenvalue weighted by Crippen LogP contribution is -2.34. The quantitative estimate of drug-likeness (QED) is 0.760. The van der Waals surface area contributed by atoms with Crippen molar-refractivity contribution >= 4 is 13.8 Å². The summed E-state index contributed by atoms with van der Waals surface area (Å²) in [5, 5.41) is 0. The Kier molecular flexibility index (Phi) is 6.12. The van der Waals surface area contributed by atoms with Gasteiger partial charge in [-0.15, -0.1) is 0 Å². The second kappa shape index (κ2) is 7.02. The number of hydrogen-bond acceptors (Lipinski definition) is 3. The van der Waals surface area contributed by atoms with Crippen molar-refractivity contribution in [2.45, 2.75) is 20.8 Å². The van der Waals surface area contributed by atoms with E-state index >= 15 is 0 Å². The van der Waals surface area contributed by atoms with E-state index in [1.54, 1.807) is 0 Å². The number of hydrogen-bond donors (Lipinski definition) is 0. The van der Waals surface area contributed by atoms with Gasteiger partial charge in [0, 0.05) is 42.3 Å². The van der Waals surface area contributed by atoms with Crippen LogP contribution in [0.2, 0.25) is 0 Å². The molecule has 0 amide bonds. The molecule has 0 bridgehead atoms. The molecule has 0 aliphatic carbocycles. The molecule has 1 aromatic rings. The van der Waals surface area contributed by atoms with E-state index in [-0.39, 0.29) is 0 Å². The molecule has 21 heavy (non-hydrogen) atoms. The predicted octanol–water partition coefficient (Wildman–Crippen LogP) is 4.03.